The molecule has 184 valence electrons. The molecule has 2 aliphatic carbocycles. The van der Waals surface area contributed by atoms with E-state index in [2.05, 4.69) is 26.0 Å². The van der Waals surface area contributed by atoms with Gasteiger partial charge in [0, 0.05) is 37.0 Å². The van der Waals surface area contributed by atoms with Gasteiger partial charge in [0.25, 0.3) is 0 Å². The second-order valence-corrected chi connectivity index (χ2v) is 9.18. The van der Waals surface area contributed by atoms with Gasteiger partial charge in [-0.05, 0) is 50.4 Å². The largest absolute Gasteiger partial charge is 0.463 e. The van der Waals surface area contributed by atoms with Crippen molar-refractivity contribution in [1.29, 1.82) is 0 Å². The Morgan fingerprint density at radius 3 is 2.24 bits per heavy atom. The van der Waals surface area contributed by atoms with Crippen LogP contribution in [-0.2, 0) is 28.7 Å². The number of carbonyl (C=O) groups excluding carboxylic acids is 4. The molecule has 0 aliphatic heterocycles. The lowest BCUT2D eigenvalue weighted by molar-refractivity contribution is -0.147. The zero-order valence-electron chi connectivity index (χ0n) is 20.2. The van der Waals surface area contributed by atoms with Gasteiger partial charge in [0.1, 0.15) is 24.5 Å². The van der Waals surface area contributed by atoms with Crippen molar-refractivity contribution in [3.63, 3.8) is 0 Å². The van der Waals surface area contributed by atoms with E-state index in [-0.39, 0.29) is 73.4 Å². The van der Waals surface area contributed by atoms with E-state index < -0.39 is 0 Å². The fourth-order valence-corrected chi connectivity index (χ4v) is 5.09. The van der Waals surface area contributed by atoms with Crippen molar-refractivity contribution in [2.24, 2.45) is 29.6 Å². The summed E-state index contributed by atoms with van der Waals surface area (Å²) >= 11 is 0. The molecule has 0 radical (unpaired) electrons. The van der Waals surface area contributed by atoms with Gasteiger partial charge in [-0.25, -0.2) is 0 Å². The molecule has 2 rings (SSSR count). The number of rotatable bonds is 15. The Kier molecular flexibility index (Phi) is 12.3. The van der Waals surface area contributed by atoms with E-state index in [0.29, 0.717) is 25.7 Å². The zero-order chi connectivity index (χ0) is 24.1. The van der Waals surface area contributed by atoms with Crippen molar-refractivity contribution in [3.05, 3.63) is 24.3 Å². The summed E-state index contributed by atoms with van der Waals surface area (Å²) in [7, 11) is 0. The molecule has 0 saturated heterocycles. The summed E-state index contributed by atoms with van der Waals surface area (Å²) in [6, 6.07) is 0. The number of aldehydes is 1. The highest BCUT2D eigenvalue weighted by atomic mass is 16.6. The zero-order valence-corrected chi connectivity index (χ0v) is 20.2. The van der Waals surface area contributed by atoms with Gasteiger partial charge in [0.15, 0.2) is 0 Å². The summed E-state index contributed by atoms with van der Waals surface area (Å²) in [5, 5.41) is 0. The molecular formula is C27H40O6. The third kappa shape index (κ3) is 8.65. The molecule has 2 fully saturated rings. The van der Waals surface area contributed by atoms with Crippen molar-refractivity contribution in [2.45, 2.75) is 71.6 Å². The third-order valence-corrected chi connectivity index (χ3v) is 6.94. The molecule has 0 bridgehead atoms. The molecule has 0 spiro atoms. The van der Waals surface area contributed by atoms with E-state index in [0.717, 1.165) is 32.0 Å². The van der Waals surface area contributed by atoms with Crippen molar-refractivity contribution in [1.82, 2.24) is 0 Å². The van der Waals surface area contributed by atoms with Crippen LogP contribution < -0.4 is 0 Å². The second kappa shape index (κ2) is 14.9. The molecule has 0 aromatic carbocycles. The number of carbonyl (C=O) groups is 4. The molecule has 33 heavy (non-hydrogen) atoms. The van der Waals surface area contributed by atoms with Crippen molar-refractivity contribution >= 4 is 23.8 Å². The van der Waals surface area contributed by atoms with E-state index in [9.17, 15) is 19.2 Å². The molecule has 0 aromatic heterocycles. The number of hydrogen-bond acceptors (Lipinski definition) is 6. The number of hydrogen-bond donors (Lipinski definition) is 0. The Hall–Kier alpha value is -2.08. The monoisotopic (exact) mass is 460 g/mol. The number of Topliss-reactive ketones (excluding diaryl/α,β-unsaturated/α-hetero) is 2. The quantitative estimate of drug-likeness (QED) is 0.153. The van der Waals surface area contributed by atoms with Gasteiger partial charge in [-0.1, -0.05) is 38.2 Å². The van der Waals surface area contributed by atoms with Gasteiger partial charge in [0.2, 0.25) is 0 Å². The van der Waals surface area contributed by atoms with Gasteiger partial charge in [-0.3, -0.25) is 14.4 Å². The molecule has 6 heteroatoms. The van der Waals surface area contributed by atoms with E-state index >= 15 is 0 Å². The van der Waals surface area contributed by atoms with Crippen LogP contribution in [0.3, 0.4) is 0 Å². The van der Waals surface area contributed by atoms with Crippen LogP contribution in [0.25, 0.3) is 0 Å². The van der Waals surface area contributed by atoms with Gasteiger partial charge >= 0.3 is 5.97 Å². The normalized spacial score (nSPS) is 26.5. The lowest BCUT2D eigenvalue weighted by atomic mass is 9.83. The second-order valence-electron chi connectivity index (χ2n) is 9.18. The smallest absolute Gasteiger partial charge is 0.306 e. The fourth-order valence-electron chi connectivity index (χ4n) is 5.09. The minimum Gasteiger partial charge on any atom is -0.463 e. The summed E-state index contributed by atoms with van der Waals surface area (Å²) in [5.74, 6) is -0.297. The van der Waals surface area contributed by atoms with E-state index in [4.69, 9.17) is 9.47 Å². The Balaban J connectivity index is 1.70. The van der Waals surface area contributed by atoms with Crippen LogP contribution >= 0.6 is 0 Å². The van der Waals surface area contributed by atoms with Gasteiger partial charge in [0.05, 0.1) is 13.2 Å². The van der Waals surface area contributed by atoms with E-state index in [1.165, 1.54) is 0 Å². The summed E-state index contributed by atoms with van der Waals surface area (Å²) in [5.41, 5.74) is 0. The van der Waals surface area contributed by atoms with E-state index in [1.807, 2.05) is 12.2 Å². The van der Waals surface area contributed by atoms with Gasteiger partial charge in [-0.2, -0.15) is 0 Å². The molecule has 0 heterocycles. The first-order valence-electron chi connectivity index (χ1n) is 12.6. The topological polar surface area (TPSA) is 86.7 Å². The van der Waals surface area contributed by atoms with Crippen LogP contribution in [0.5, 0.6) is 0 Å². The van der Waals surface area contributed by atoms with Gasteiger partial charge < -0.3 is 14.3 Å². The number of allylic oxidation sites excluding steroid dienone is 4. The first-order chi connectivity index (χ1) is 16.0. The van der Waals surface area contributed by atoms with Gasteiger partial charge in [-0.15, -0.1) is 0 Å². The number of ether oxygens (including phenoxy) is 2. The molecule has 6 nitrogen and oxygen atoms in total. The van der Waals surface area contributed by atoms with Crippen LogP contribution in [0.4, 0.5) is 0 Å². The average Bonchev–Trinajstić information content (AvgIpc) is 3.33. The Morgan fingerprint density at radius 1 is 0.939 bits per heavy atom. The minimum atomic E-state index is -0.325. The summed E-state index contributed by atoms with van der Waals surface area (Å²) < 4.78 is 10.9. The molecule has 5 unspecified atom stereocenters. The molecule has 5 atom stereocenters. The SMILES string of the molecule is CC/C=C\CC1C(=O)CCC1CC(=O)OCCOCC(C=O)C1CCC(=O)C1C/C=C\CC. The van der Waals surface area contributed by atoms with Crippen LogP contribution in [0.1, 0.15) is 71.6 Å². The highest BCUT2D eigenvalue weighted by Crippen LogP contribution is 2.37. The predicted molar refractivity (Wildman–Crippen MR) is 126 cm³/mol. The molecular weight excluding hydrogens is 420 g/mol. The molecule has 0 aromatic rings. The van der Waals surface area contributed by atoms with Crippen LogP contribution in [0.2, 0.25) is 0 Å². The Morgan fingerprint density at radius 2 is 1.58 bits per heavy atom. The molecule has 2 saturated carbocycles. The lowest BCUT2D eigenvalue weighted by Gasteiger charge is -2.23. The lowest BCUT2D eigenvalue weighted by Crippen LogP contribution is -2.27. The highest BCUT2D eigenvalue weighted by molar-refractivity contribution is 5.85. The summed E-state index contributed by atoms with van der Waals surface area (Å²) in [6.45, 7) is 4.67. The Bertz CT molecular complexity index is 709. The fraction of sp³-hybridized carbons (Fsp3) is 0.704. The molecule has 0 N–H and O–H groups in total. The predicted octanol–water partition coefficient (Wildman–Crippen LogP) is 4.65. The maximum absolute atomic E-state index is 12.2. The first-order valence-corrected chi connectivity index (χ1v) is 12.6. The maximum atomic E-state index is 12.2. The maximum Gasteiger partial charge on any atom is 0.306 e. The summed E-state index contributed by atoms with van der Waals surface area (Å²) in [4.78, 5) is 48.3. The van der Waals surface area contributed by atoms with Crippen LogP contribution in [0, 0.1) is 29.6 Å². The van der Waals surface area contributed by atoms with Crippen molar-refractivity contribution < 1.29 is 28.7 Å². The third-order valence-electron chi connectivity index (χ3n) is 6.94. The van der Waals surface area contributed by atoms with E-state index in [1.54, 1.807) is 0 Å². The standard InChI is InChI=1S/C27H40O6/c1-3-5-7-9-23-20(11-13-25(23)29)17-27(31)33-16-15-32-19-21(18-28)22-12-14-26(30)24(22)10-8-6-4-2/h5-8,18,20-24H,3-4,9-17,19H2,1-2H3/b7-5-,8-6-. The number of ketones is 2. The highest BCUT2D eigenvalue weighted by Gasteiger charge is 2.38. The first kappa shape index (κ1) is 27.2. The summed E-state index contributed by atoms with van der Waals surface area (Å²) in [6.07, 6.45) is 15.1. The molecule has 2 aliphatic rings. The Labute approximate surface area is 198 Å². The van der Waals surface area contributed by atoms with Crippen molar-refractivity contribution in [3.8, 4) is 0 Å². The van der Waals surface area contributed by atoms with Crippen LogP contribution in [-0.4, -0.2) is 43.6 Å². The average molecular weight is 461 g/mol. The molecule has 0 amide bonds. The van der Waals surface area contributed by atoms with Crippen molar-refractivity contribution in [2.75, 3.05) is 19.8 Å². The van der Waals surface area contributed by atoms with Crippen LogP contribution in [0.15, 0.2) is 24.3 Å². The number of esters is 1. The minimum absolute atomic E-state index is 0.0117.